The van der Waals surface area contributed by atoms with Crippen molar-refractivity contribution in [1.29, 1.82) is 0 Å². The fourth-order valence-electron chi connectivity index (χ4n) is 6.05. The number of amides is 1. The minimum absolute atomic E-state index is 0.0389. The molecule has 1 fully saturated rings. The monoisotopic (exact) mass is 491 g/mol. The van der Waals surface area contributed by atoms with E-state index >= 15 is 0 Å². The number of aliphatic hydroxyl groups is 3. The van der Waals surface area contributed by atoms with Gasteiger partial charge in [-0.05, 0) is 67.7 Å². The number of Topliss-reactive ketones (excluding diaryl/α,β-unsaturated/α-hetero) is 2. The van der Waals surface area contributed by atoms with Crippen LogP contribution >= 0.6 is 0 Å². The SMILES string of the molecule is CN(C)[C@@H]1C(=O)C(C(N)=O)=C(O)[C@@]2(O)C(=O)C3=C(O)c4c(O)ccc(-c5ccncc5)c4C[C@H]3C[C@@H]12. The Morgan fingerprint density at radius 3 is 2.39 bits per heavy atom. The number of phenolic OH excluding ortho intramolecular Hbond substituents is 1. The number of pyridine rings is 1. The molecule has 3 aliphatic rings. The summed E-state index contributed by atoms with van der Waals surface area (Å²) in [6.07, 6.45) is 3.49. The molecule has 1 aromatic carbocycles. The van der Waals surface area contributed by atoms with Gasteiger partial charge >= 0.3 is 0 Å². The lowest BCUT2D eigenvalue weighted by atomic mass is 9.57. The van der Waals surface area contributed by atoms with Crippen LogP contribution in [0.1, 0.15) is 17.5 Å². The van der Waals surface area contributed by atoms with E-state index in [1.807, 2.05) is 0 Å². The smallest absolute Gasteiger partial charge is 0.255 e. The number of primary amides is 1. The average molecular weight is 492 g/mol. The maximum absolute atomic E-state index is 13.8. The number of hydrogen-bond acceptors (Lipinski definition) is 9. The summed E-state index contributed by atoms with van der Waals surface area (Å²) in [5.41, 5.74) is 3.85. The van der Waals surface area contributed by atoms with Gasteiger partial charge in [-0.3, -0.25) is 24.3 Å². The summed E-state index contributed by atoms with van der Waals surface area (Å²) in [4.78, 5) is 44.5. The Balaban J connectivity index is 1.75. The van der Waals surface area contributed by atoms with Crippen molar-refractivity contribution in [3.63, 3.8) is 0 Å². The number of aromatic nitrogens is 1. The highest BCUT2D eigenvalue weighted by Gasteiger charge is 2.64. The first-order chi connectivity index (χ1) is 17.0. The zero-order chi connectivity index (χ0) is 26.1. The largest absolute Gasteiger partial charge is 0.508 e. The Bertz CT molecular complexity index is 1400. The number of nitrogens with zero attached hydrogens (tertiary/aromatic N) is 2. The number of phenols is 1. The summed E-state index contributed by atoms with van der Waals surface area (Å²) in [6.45, 7) is 0. The van der Waals surface area contributed by atoms with Crippen molar-refractivity contribution in [3.8, 4) is 16.9 Å². The summed E-state index contributed by atoms with van der Waals surface area (Å²) >= 11 is 0. The van der Waals surface area contributed by atoms with Crippen LogP contribution in [-0.2, 0) is 20.8 Å². The van der Waals surface area contributed by atoms with Gasteiger partial charge in [-0.15, -0.1) is 0 Å². The minimum Gasteiger partial charge on any atom is -0.508 e. The number of carbonyl (C=O) groups excluding carboxylic acids is 3. The van der Waals surface area contributed by atoms with Gasteiger partial charge in [-0.2, -0.15) is 0 Å². The van der Waals surface area contributed by atoms with Crippen LogP contribution in [0.2, 0.25) is 0 Å². The molecule has 186 valence electrons. The Morgan fingerprint density at radius 1 is 1.11 bits per heavy atom. The molecule has 2 aromatic rings. The van der Waals surface area contributed by atoms with E-state index in [9.17, 15) is 34.8 Å². The van der Waals surface area contributed by atoms with Crippen molar-refractivity contribution in [3.05, 3.63) is 64.7 Å². The van der Waals surface area contributed by atoms with Gasteiger partial charge in [0.2, 0.25) is 5.78 Å². The number of ketones is 2. The number of likely N-dealkylation sites (N-methyl/N-ethyl adjacent to an activating group) is 1. The minimum atomic E-state index is -2.65. The zero-order valence-corrected chi connectivity index (χ0v) is 19.6. The van der Waals surface area contributed by atoms with Gasteiger partial charge in [0.1, 0.15) is 22.8 Å². The fourth-order valence-corrected chi connectivity index (χ4v) is 6.05. The molecular formula is C26H25N3O7. The molecule has 1 saturated carbocycles. The summed E-state index contributed by atoms with van der Waals surface area (Å²) in [6, 6.07) is 5.56. The van der Waals surface area contributed by atoms with Gasteiger partial charge in [-0.1, -0.05) is 6.07 Å². The quantitative estimate of drug-likeness (QED) is 0.393. The van der Waals surface area contributed by atoms with Crippen molar-refractivity contribution in [1.82, 2.24) is 9.88 Å². The molecule has 1 amide bonds. The summed E-state index contributed by atoms with van der Waals surface area (Å²) < 4.78 is 0. The lowest BCUT2D eigenvalue weighted by Crippen LogP contribution is -2.65. The molecule has 1 aromatic heterocycles. The number of nitrogens with two attached hydrogens (primary N) is 1. The van der Waals surface area contributed by atoms with Crippen LogP contribution in [0.4, 0.5) is 0 Å². The van der Waals surface area contributed by atoms with E-state index in [1.165, 1.54) is 11.0 Å². The number of carbonyl (C=O) groups is 3. The molecule has 0 bridgehead atoms. The molecule has 1 heterocycles. The van der Waals surface area contributed by atoms with Crippen molar-refractivity contribution >= 4 is 23.2 Å². The lowest BCUT2D eigenvalue weighted by molar-refractivity contribution is -0.153. The van der Waals surface area contributed by atoms with Crippen molar-refractivity contribution in [2.45, 2.75) is 24.5 Å². The van der Waals surface area contributed by atoms with Gasteiger partial charge in [-0.25, -0.2) is 0 Å². The Labute approximate surface area is 206 Å². The first-order valence-corrected chi connectivity index (χ1v) is 11.4. The maximum atomic E-state index is 13.8. The predicted octanol–water partition coefficient (Wildman–Crippen LogP) is 1.03. The third-order valence-electron chi connectivity index (χ3n) is 7.60. The van der Waals surface area contributed by atoms with E-state index in [4.69, 9.17) is 5.73 Å². The van der Waals surface area contributed by atoms with E-state index in [1.54, 1.807) is 44.7 Å². The second-order valence-electron chi connectivity index (χ2n) is 9.68. The normalized spacial score (nSPS) is 27.6. The van der Waals surface area contributed by atoms with Gasteiger partial charge < -0.3 is 26.2 Å². The molecule has 10 heteroatoms. The Morgan fingerprint density at radius 2 is 1.78 bits per heavy atom. The molecule has 0 saturated heterocycles. The van der Waals surface area contributed by atoms with E-state index in [-0.39, 0.29) is 29.7 Å². The van der Waals surface area contributed by atoms with Gasteiger partial charge in [0.15, 0.2) is 11.4 Å². The predicted molar refractivity (Wildman–Crippen MR) is 127 cm³/mol. The first kappa shape index (κ1) is 23.7. The molecule has 10 nitrogen and oxygen atoms in total. The molecule has 3 aliphatic carbocycles. The molecule has 6 N–H and O–H groups in total. The molecule has 4 atom stereocenters. The number of benzene rings is 1. The van der Waals surface area contributed by atoms with Gasteiger partial charge in [0, 0.05) is 23.9 Å². The van der Waals surface area contributed by atoms with E-state index in [0.717, 1.165) is 11.1 Å². The van der Waals surface area contributed by atoms with Crippen LogP contribution in [-0.4, -0.2) is 73.5 Å². The standard InChI is InChI=1S/C26H25N3O7/c1-29(2)20-15-10-12-9-14-13(11-5-7-28-8-6-11)3-4-16(30)18(14)21(31)17(12)23(33)26(15,36)24(34)19(22(20)32)25(27)35/h3-8,12,15,20,30-31,34,36H,9-10H2,1-2H3,(H2,27,35)/t12-,15-,20-,26-/m0/s1. The Kier molecular flexibility index (Phi) is 5.27. The molecule has 5 rings (SSSR count). The number of rotatable bonds is 3. The first-order valence-electron chi connectivity index (χ1n) is 11.4. The van der Waals surface area contributed by atoms with Crippen molar-refractivity contribution < 1.29 is 34.8 Å². The lowest BCUT2D eigenvalue weighted by Gasteiger charge is -2.50. The third kappa shape index (κ3) is 3.04. The van der Waals surface area contributed by atoms with Crippen LogP contribution in [0, 0.1) is 11.8 Å². The fraction of sp³-hybridized carbons (Fsp3) is 0.308. The zero-order valence-electron chi connectivity index (χ0n) is 19.6. The van der Waals surface area contributed by atoms with E-state index in [2.05, 4.69) is 4.98 Å². The second-order valence-corrected chi connectivity index (χ2v) is 9.68. The second kappa shape index (κ2) is 8.00. The molecule has 0 radical (unpaired) electrons. The van der Waals surface area contributed by atoms with Crippen LogP contribution in [0.25, 0.3) is 16.9 Å². The highest BCUT2D eigenvalue weighted by atomic mass is 16.3. The van der Waals surface area contributed by atoms with Crippen LogP contribution in [0.3, 0.4) is 0 Å². The maximum Gasteiger partial charge on any atom is 0.255 e. The van der Waals surface area contributed by atoms with Crippen LogP contribution < -0.4 is 5.73 Å². The number of aliphatic hydroxyl groups excluding tert-OH is 2. The number of hydrogen-bond donors (Lipinski definition) is 5. The molecule has 36 heavy (non-hydrogen) atoms. The third-order valence-corrected chi connectivity index (χ3v) is 7.60. The summed E-state index contributed by atoms with van der Waals surface area (Å²) in [5.74, 6) is -6.69. The molecule has 0 spiro atoms. The van der Waals surface area contributed by atoms with Crippen molar-refractivity contribution in [2.24, 2.45) is 17.6 Å². The summed E-state index contributed by atoms with van der Waals surface area (Å²) in [7, 11) is 3.13. The molecule has 0 aliphatic heterocycles. The molecule has 0 unspecified atom stereocenters. The van der Waals surface area contributed by atoms with Crippen LogP contribution in [0.15, 0.2) is 53.6 Å². The Hall–Kier alpha value is -4.02. The summed E-state index contributed by atoms with van der Waals surface area (Å²) in [5, 5.41) is 44.4. The number of aromatic hydroxyl groups is 1. The highest BCUT2D eigenvalue weighted by Crippen LogP contribution is 2.53. The van der Waals surface area contributed by atoms with Gasteiger partial charge in [0.25, 0.3) is 5.91 Å². The number of fused-ring (bicyclic) bond motifs is 3. The van der Waals surface area contributed by atoms with Gasteiger partial charge in [0.05, 0.1) is 11.6 Å². The van der Waals surface area contributed by atoms with Crippen molar-refractivity contribution in [2.75, 3.05) is 14.1 Å². The van der Waals surface area contributed by atoms with E-state index < -0.39 is 58.0 Å². The topological polar surface area (TPSA) is 174 Å². The van der Waals surface area contributed by atoms with Crippen LogP contribution in [0.5, 0.6) is 5.75 Å². The van der Waals surface area contributed by atoms with E-state index in [0.29, 0.717) is 5.56 Å². The highest BCUT2D eigenvalue weighted by molar-refractivity contribution is 6.24. The average Bonchev–Trinajstić information content (AvgIpc) is 2.81. The molecular weight excluding hydrogens is 466 g/mol.